The fraction of sp³-hybridized carbons (Fsp3) is 0.357. The molecule has 1 heterocycles. The minimum atomic E-state index is 0.163. The van der Waals surface area contributed by atoms with Crippen molar-refractivity contribution in [2.24, 2.45) is 5.92 Å². The fourth-order valence-electron chi connectivity index (χ4n) is 1.42. The lowest BCUT2D eigenvalue weighted by atomic mass is 10.1. The summed E-state index contributed by atoms with van der Waals surface area (Å²) in [6.07, 6.45) is 8.42. The molecule has 1 unspecified atom stereocenters. The van der Waals surface area contributed by atoms with Gasteiger partial charge in [-0.1, -0.05) is 50.3 Å². The van der Waals surface area contributed by atoms with Crippen molar-refractivity contribution >= 4 is 23.5 Å². The molecule has 1 nitrogen and oxygen atoms in total. The molecule has 1 aromatic rings. The molecule has 0 aliphatic heterocycles. The lowest BCUT2D eigenvalue weighted by Crippen LogP contribution is -1.99. The number of hydrogen-bond donors (Lipinski definition) is 0. The second-order valence-corrected chi connectivity index (χ2v) is 4.63. The van der Waals surface area contributed by atoms with Gasteiger partial charge in [0.2, 0.25) is 4.74 Å². The van der Waals surface area contributed by atoms with Crippen LogP contribution in [0.1, 0.15) is 36.8 Å². The minimum Gasteiger partial charge on any atom is -0.278 e. The third kappa shape index (κ3) is 2.92. The summed E-state index contributed by atoms with van der Waals surface area (Å²) in [5.41, 5.74) is 1.99. The Morgan fingerprint density at radius 2 is 1.81 bits per heavy atom. The van der Waals surface area contributed by atoms with Gasteiger partial charge < -0.3 is 0 Å². The van der Waals surface area contributed by atoms with Crippen molar-refractivity contribution in [3.63, 3.8) is 0 Å². The summed E-state index contributed by atoms with van der Waals surface area (Å²) < 4.78 is 0.163. The van der Waals surface area contributed by atoms with Crippen LogP contribution in [-0.2, 0) is 0 Å². The van der Waals surface area contributed by atoms with E-state index >= 15 is 0 Å². The molecule has 2 heteroatoms. The maximum atomic E-state index is 11.4. The first-order chi connectivity index (χ1) is 7.66. The quantitative estimate of drug-likeness (QED) is 0.660. The van der Waals surface area contributed by atoms with Crippen LogP contribution in [0.3, 0.4) is 0 Å². The van der Waals surface area contributed by atoms with E-state index in [1.54, 1.807) is 0 Å². The number of hydrogen-bond acceptors (Lipinski definition) is 2. The van der Waals surface area contributed by atoms with E-state index in [0.29, 0.717) is 5.92 Å². The predicted molar refractivity (Wildman–Crippen MR) is 73.9 cm³/mol. The van der Waals surface area contributed by atoms with Crippen LogP contribution < -0.4 is 4.74 Å². The molecule has 0 saturated carbocycles. The third-order valence-corrected chi connectivity index (χ3v) is 3.41. The first kappa shape index (κ1) is 12.9. The molecule has 0 aromatic carbocycles. The predicted octanol–water partition coefficient (Wildman–Crippen LogP) is 4.12. The summed E-state index contributed by atoms with van der Waals surface area (Å²) in [6, 6.07) is 1.97. The molecule has 2 rings (SSSR count). The second-order valence-electron chi connectivity index (χ2n) is 3.61. The first-order valence-corrected chi connectivity index (χ1v) is 6.49. The van der Waals surface area contributed by atoms with Gasteiger partial charge in [0, 0.05) is 10.4 Å². The van der Waals surface area contributed by atoms with Gasteiger partial charge in [-0.15, -0.1) is 0 Å². The van der Waals surface area contributed by atoms with Crippen molar-refractivity contribution in [2.45, 2.75) is 27.7 Å². The van der Waals surface area contributed by atoms with Gasteiger partial charge in [-0.2, -0.15) is 0 Å². The maximum absolute atomic E-state index is 11.4. The van der Waals surface area contributed by atoms with Crippen LogP contribution in [-0.4, -0.2) is 0 Å². The average molecular weight is 234 g/mol. The van der Waals surface area contributed by atoms with Gasteiger partial charge in [-0.05, 0) is 30.5 Å². The van der Waals surface area contributed by atoms with Gasteiger partial charge in [0.25, 0.3) is 0 Å². The van der Waals surface area contributed by atoms with E-state index in [9.17, 15) is 4.79 Å². The van der Waals surface area contributed by atoms with E-state index in [1.165, 1.54) is 11.3 Å². The number of fused-ring (bicyclic) bond motifs is 1. The molecule has 0 spiro atoms. The molecule has 0 bridgehead atoms. The van der Waals surface area contributed by atoms with Crippen LogP contribution in [0.5, 0.6) is 0 Å². The molecular formula is C14H18OS. The molecule has 1 aliphatic rings. The summed E-state index contributed by atoms with van der Waals surface area (Å²) in [7, 11) is 0. The van der Waals surface area contributed by atoms with E-state index in [2.05, 4.69) is 25.2 Å². The van der Waals surface area contributed by atoms with Crippen molar-refractivity contribution in [1.82, 2.24) is 0 Å². The summed E-state index contributed by atoms with van der Waals surface area (Å²) in [6.45, 7) is 8.00. The SMILES string of the molecule is CC.Cc1cc2c(sc1=O)C=CC(C)C=C2. The molecule has 0 radical (unpaired) electrons. The van der Waals surface area contributed by atoms with Crippen LogP contribution in [0, 0.1) is 12.8 Å². The highest BCUT2D eigenvalue weighted by atomic mass is 32.1. The van der Waals surface area contributed by atoms with Gasteiger partial charge >= 0.3 is 0 Å². The third-order valence-electron chi connectivity index (χ3n) is 2.31. The Morgan fingerprint density at radius 3 is 2.50 bits per heavy atom. The van der Waals surface area contributed by atoms with Crippen LogP contribution >= 0.6 is 11.3 Å². The highest BCUT2D eigenvalue weighted by Gasteiger charge is 2.05. The van der Waals surface area contributed by atoms with E-state index in [-0.39, 0.29) is 4.74 Å². The Kier molecular flexibility index (Phi) is 4.69. The van der Waals surface area contributed by atoms with Crippen molar-refractivity contribution in [2.75, 3.05) is 0 Å². The van der Waals surface area contributed by atoms with Gasteiger partial charge in [0.15, 0.2) is 0 Å². The molecule has 16 heavy (non-hydrogen) atoms. The Balaban J connectivity index is 0.000000606. The van der Waals surface area contributed by atoms with Gasteiger partial charge in [-0.25, -0.2) is 0 Å². The molecule has 1 aliphatic carbocycles. The van der Waals surface area contributed by atoms with Crippen LogP contribution in [0.25, 0.3) is 12.2 Å². The highest BCUT2D eigenvalue weighted by Crippen LogP contribution is 2.21. The van der Waals surface area contributed by atoms with Crippen molar-refractivity contribution < 1.29 is 0 Å². The molecule has 0 N–H and O–H groups in total. The smallest absolute Gasteiger partial charge is 0.235 e. The van der Waals surface area contributed by atoms with Gasteiger partial charge in [0.1, 0.15) is 0 Å². The van der Waals surface area contributed by atoms with Gasteiger partial charge in [0.05, 0.1) is 0 Å². The molecule has 1 atom stereocenters. The molecule has 86 valence electrons. The Bertz CT molecular complexity index is 466. The first-order valence-electron chi connectivity index (χ1n) is 5.68. The van der Waals surface area contributed by atoms with Crippen molar-refractivity contribution in [1.29, 1.82) is 0 Å². The standard InChI is InChI=1S/C12H12OS.C2H6/c1-8-3-5-10-7-9(2)12(13)14-11(10)6-4-8;1-2/h3-8H,1-2H3;1-2H3. The summed E-state index contributed by atoms with van der Waals surface area (Å²) >= 11 is 1.33. The van der Waals surface area contributed by atoms with Crippen LogP contribution in [0.15, 0.2) is 23.0 Å². The van der Waals surface area contributed by atoms with E-state index in [0.717, 1.165) is 16.0 Å². The Hall–Kier alpha value is -1.15. The summed E-state index contributed by atoms with van der Waals surface area (Å²) in [4.78, 5) is 12.5. The number of allylic oxidation sites excluding steroid dienone is 2. The summed E-state index contributed by atoms with van der Waals surface area (Å²) in [5, 5.41) is 0. The Morgan fingerprint density at radius 1 is 1.19 bits per heavy atom. The zero-order valence-corrected chi connectivity index (χ0v) is 11.1. The zero-order chi connectivity index (χ0) is 12.1. The molecular weight excluding hydrogens is 216 g/mol. The normalized spacial score (nSPS) is 17.1. The zero-order valence-electron chi connectivity index (χ0n) is 10.3. The van der Waals surface area contributed by atoms with Gasteiger partial charge in [-0.3, -0.25) is 4.79 Å². The van der Waals surface area contributed by atoms with E-state index in [4.69, 9.17) is 0 Å². The molecule has 0 saturated heterocycles. The molecule has 1 aromatic heterocycles. The molecule has 0 fully saturated rings. The monoisotopic (exact) mass is 234 g/mol. The summed E-state index contributed by atoms with van der Waals surface area (Å²) in [5.74, 6) is 0.449. The van der Waals surface area contributed by atoms with E-state index < -0.39 is 0 Å². The molecule has 0 amide bonds. The topological polar surface area (TPSA) is 17.1 Å². The van der Waals surface area contributed by atoms with Crippen LogP contribution in [0.2, 0.25) is 0 Å². The lowest BCUT2D eigenvalue weighted by molar-refractivity contribution is 0.954. The van der Waals surface area contributed by atoms with E-state index in [1.807, 2.05) is 32.9 Å². The number of rotatable bonds is 0. The van der Waals surface area contributed by atoms with Crippen LogP contribution in [0.4, 0.5) is 0 Å². The maximum Gasteiger partial charge on any atom is 0.235 e. The van der Waals surface area contributed by atoms with Crippen molar-refractivity contribution in [3.8, 4) is 0 Å². The minimum absolute atomic E-state index is 0.163. The largest absolute Gasteiger partial charge is 0.278 e. The fourth-order valence-corrected chi connectivity index (χ4v) is 2.23. The van der Waals surface area contributed by atoms with Crippen molar-refractivity contribution in [3.05, 3.63) is 43.8 Å². The lowest BCUT2D eigenvalue weighted by Gasteiger charge is -1.98. The highest BCUT2D eigenvalue weighted by molar-refractivity contribution is 7.10. The number of aryl methyl sites for hydroxylation is 1. The second kappa shape index (κ2) is 5.80. The Labute approximate surface area is 101 Å². The average Bonchev–Trinajstić information content (AvgIpc) is 2.46.